The predicted octanol–water partition coefficient (Wildman–Crippen LogP) is 2.15. The maximum absolute atomic E-state index is 4.15. The van der Waals surface area contributed by atoms with E-state index >= 15 is 0 Å². The maximum atomic E-state index is 4.15. The van der Waals surface area contributed by atoms with Gasteiger partial charge in [-0.25, -0.2) is 0 Å². The van der Waals surface area contributed by atoms with Crippen LogP contribution in [-0.2, 0) is 17.0 Å². The molecule has 2 heteroatoms. The van der Waals surface area contributed by atoms with Gasteiger partial charge in [-0.3, -0.25) is 0 Å². The number of hydrogen-bond donors (Lipinski definition) is 0. The molecular weight excluding hydrogens is 221 g/mol. The molecule has 0 saturated heterocycles. The van der Waals surface area contributed by atoms with Crippen LogP contribution in [0.5, 0.6) is 0 Å². The van der Waals surface area contributed by atoms with Crippen molar-refractivity contribution in [1.82, 2.24) is 0 Å². The molecule has 1 nitrogen and oxygen atoms in total. The van der Waals surface area contributed by atoms with Crippen molar-refractivity contribution in [3.05, 3.63) is 41.5 Å². The van der Waals surface area contributed by atoms with Crippen LogP contribution in [-0.4, -0.2) is 21.7 Å². The average molecular weight is 235 g/mol. The molecule has 1 aliphatic rings. The molecule has 15 heavy (non-hydrogen) atoms. The standard InChI is InChI=1S/C13H14N.V/c1-9-5-6-13-10(2)11(3)14(4)8-12(13)7-9;/h5-7,11H,2,4H2,1,3H3;/q+1;. The average Bonchev–Trinajstić information content (AvgIpc) is 2.23. The van der Waals surface area contributed by atoms with Gasteiger partial charge in [0.25, 0.3) is 0 Å². The fourth-order valence-electron chi connectivity index (χ4n) is 1.87. The van der Waals surface area contributed by atoms with Crippen molar-refractivity contribution >= 4 is 16.6 Å². The Bertz CT molecular complexity index is 485. The molecule has 0 spiro atoms. The molecular formula is C13H14NV+. The Labute approximate surface area is 99.6 Å². The Balaban J connectivity index is 2.69. The number of hydrogen-bond acceptors (Lipinski definition) is 0. The van der Waals surface area contributed by atoms with E-state index in [1.807, 2.05) is 4.58 Å². The van der Waals surface area contributed by atoms with Crippen LogP contribution in [0.25, 0.3) is 5.57 Å². The third-order valence-corrected chi connectivity index (χ3v) is 3.78. The number of aryl methyl sites for hydroxylation is 1. The van der Waals surface area contributed by atoms with Gasteiger partial charge in [0, 0.05) is 0 Å². The van der Waals surface area contributed by atoms with E-state index < -0.39 is 0 Å². The van der Waals surface area contributed by atoms with Crippen molar-refractivity contribution in [3.8, 4) is 0 Å². The molecule has 0 amide bonds. The fourth-order valence-corrected chi connectivity index (χ4v) is 2.43. The summed E-state index contributed by atoms with van der Waals surface area (Å²) < 4.78 is 3.19. The number of benzene rings is 1. The van der Waals surface area contributed by atoms with Gasteiger partial charge in [-0.1, -0.05) is 0 Å². The van der Waals surface area contributed by atoms with Gasteiger partial charge >= 0.3 is 99.6 Å². The molecule has 0 fully saturated rings. The first-order chi connectivity index (χ1) is 7.02. The molecule has 0 saturated carbocycles. The number of rotatable bonds is 0. The third-order valence-electron chi connectivity index (χ3n) is 3.01. The van der Waals surface area contributed by atoms with Crippen molar-refractivity contribution in [3.63, 3.8) is 0 Å². The van der Waals surface area contributed by atoms with Gasteiger partial charge in [-0.05, 0) is 0 Å². The van der Waals surface area contributed by atoms with Crippen molar-refractivity contribution in [1.29, 1.82) is 0 Å². The summed E-state index contributed by atoms with van der Waals surface area (Å²) in [5, 5.41) is 0. The molecule has 1 aromatic carbocycles. The first-order valence-electron chi connectivity index (χ1n) is 4.98. The zero-order valence-corrected chi connectivity index (χ0v) is 10.5. The summed E-state index contributed by atoms with van der Waals surface area (Å²) in [7, 11) is 0. The summed E-state index contributed by atoms with van der Waals surface area (Å²) >= 11 is 2.61. The minimum atomic E-state index is 0.276. The van der Waals surface area contributed by atoms with Crippen molar-refractivity contribution < 1.29 is 21.6 Å². The van der Waals surface area contributed by atoms with E-state index in [9.17, 15) is 0 Å². The first kappa shape index (κ1) is 10.6. The normalized spacial score (nSPS) is 20.3. The zero-order chi connectivity index (χ0) is 11.2. The van der Waals surface area contributed by atoms with Gasteiger partial charge in [0.05, 0.1) is 0 Å². The van der Waals surface area contributed by atoms with Crippen LogP contribution in [0.4, 0.5) is 0 Å². The van der Waals surface area contributed by atoms with Crippen molar-refractivity contribution in [2.24, 2.45) is 0 Å². The predicted molar refractivity (Wildman–Crippen MR) is 61.2 cm³/mol. The van der Waals surface area contributed by atoms with Gasteiger partial charge in [0.1, 0.15) is 0 Å². The second-order valence-electron chi connectivity index (χ2n) is 4.04. The third kappa shape index (κ3) is 1.56. The van der Waals surface area contributed by atoms with Crippen molar-refractivity contribution in [2.45, 2.75) is 19.9 Å². The van der Waals surface area contributed by atoms with Crippen LogP contribution in [0.2, 0.25) is 0 Å². The van der Waals surface area contributed by atoms with E-state index in [0.29, 0.717) is 0 Å². The van der Waals surface area contributed by atoms with Crippen LogP contribution < -0.4 is 0 Å². The summed E-state index contributed by atoms with van der Waals surface area (Å²) in [4.78, 5) is 0. The second kappa shape index (κ2) is 3.59. The first-order valence-corrected chi connectivity index (χ1v) is 5.68. The molecule has 0 radical (unpaired) electrons. The molecule has 0 aromatic heterocycles. The van der Waals surface area contributed by atoms with Crippen LogP contribution in [0.15, 0.2) is 24.8 Å². The topological polar surface area (TPSA) is 3.01 Å². The Morgan fingerprint density at radius 3 is 2.67 bits per heavy atom. The number of fused-ring (bicyclic) bond motifs is 1. The van der Waals surface area contributed by atoms with E-state index in [0.717, 1.165) is 5.57 Å². The summed E-state index contributed by atoms with van der Waals surface area (Å²) in [6.45, 7) is 12.4. The van der Waals surface area contributed by atoms with E-state index in [1.54, 1.807) is 0 Å². The van der Waals surface area contributed by atoms with Crippen LogP contribution in [0.1, 0.15) is 23.6 Å². The molecule has 0 N–H and O–H groups in total. The molecule has 1 atom stereocenters. The Kier molecular flexibility index (Phi) is 2.53. The number of nitrogens with zero attached hydrogens (tertiary/aromatic N) is 1. The van der Waals surface area contributed by atoms with E-state index in [4.69, 9.17) is 0 Å². The summed E-state index contributed by atoms with van der Waals surface area (Å²) in [6, 6.07) is 6.76. The summed E-state index contributed by atoms with van der Waals surface area (Å²) in [6.07, 6.45) is 0. The van der Waals surface area contributed by atoms with Gasteiger partial charge in [0.2, 0.25) is 0 Å². The minimum absolute atomic E-state index is 0.276. The molecule has 75 valence electrons. The second-order valence-corrected chi connectivity index (χ2v) is 4.71. The van der Waals surface area contributed by atoms with Gasteiger partial charge in [-0.15, -0.1) is 0 Å². The van der Waals surface area contributed by atoms with Gasteiger partial charge < -0.3 is 0 Å². The van der Waals surface area contributed by atoms with Crippen LogP contribution in [0, 0.1) is 6.92 Å². The Hall–Kier alpha value is -0.916. The molecule has 0 aliphatic carbocycles. The molecule has 1 heterocycles. The van der Waals surface area contributed by atoms with Crippen molar-refractivity contribution in [2.75, 3.05) is 0 Å². The van der Waals surface area contributed by atoms with E-state index in [1.165, 1.54) is 21.0 Å². The molecule has 1 aromatic rings. The van der Waals surface area contributed by atoms with Gasteiger partial charge in [-0.2, -0.15) is 0 Å². The molecule has 2 rings (SSSR count). The van der Waals surface area contributed by atoms with E-state index in [2.05, 4.69) is 62.3 Å². The monoisotopic (exact) mass is 235 g/mol. The SMILES string of the molecule is C=C1c2ccc(C)cc2[C](=[V])[N+](=C)C1C. The zero-order valence-electron chi connectivity index (χ0n) is 9.12. The quantitative estimate of drug-likeness (QED) is 0.606. The molecule has 1 aliphatic heterocycles. The fraction of sp³-hybridized carbons (Fsp3) is 0.231. The summed E-state index contributed by atoms with van der Waals surface area (Å²) in [5.41, 5.74) is 4.92. The summed E-state index contributed by atoms with van der Waals surface area (Å²) in [5.74, 6) is 0. The molecule has 1 unspecified atom stereocenters. The van der Waals surface area contributed by atoms with E-state index in [-0.39, 0.29) is 6.04 Å². The Morgan fingerprint density at radius 1 is 1.33 bits per heavy atom. The van der Waals surface area contributed by atoms with Crippen LogP contribution in [0.3, 0.4) is 0 Å². The Morgan fingerprint density at radius 2 is 2.00 bits per heavy atom. The molecule has 0 bridgehead atoms. The van der Waals surface area contributed by atoms with Gasteiger partial charge in [0.15, 0.2) is 0 Å². The van der Waals surface area contributed by atoms with Crippen LogP contribution >= 0.6 is 0 Å².